The predicted molar refractivity (Wildman–Crippen MR) is 93.1 cm³/mol. The Hall–Kier alpha value is -2.05. The molecule has 1 unspecified atom stereocenters. The number of nitrogens with one attached hydrogen (secondary N) is 1. The van der Waals surface area contributed by atoms with Gasteiger partial charge in [-0.1, -0.05) is 29.8 Å². The van der Waals surface area contributed by atoms with Crippen LogP contribution in [-0.4, -0.2) is 24.2 Å². The zero-order valence-corrected chi connectivity index (χ0v) is 14.6. The van der Waals surface area contributed by atoms with Crippen LogP contribution in [0.3, 0.4) is 0 Å². The van der Waals surface area contributed by atoms with E-state index in [0.29, 0.717) is 10.5 Å². The van der Waals surface area contributed by atoms with Gasteiger partial charge in [-0.25, -0.2) is 4.39 Å². The second kappa shape index (κ2) is 8.17. The maximum Gasteiger partial charge on any atom is 0.318 e. The Kier molecular flexibility index (Phi) is 6.23. The maximum absolute atomic E-state index is 14.1. The number of methoxy groups -OCH3 is 1. The highest BCUT2D eigenvalue weighted by Crippen LogP contribution is 2.34. The Morgan fingerprint density at radius 1 is 1.25 bits per heavy atom. The largest absolute Gasteiger partial charge is 0.468 e. The van der Waals surface area contributed by atoms with Gasteiger partial charge in [-0.3, -0.25) is 9.59 Å². The van der Waals surface area contributed by atoms with Crippen molar-refractivity contribution in [3.05, 3.63) is 58.9 Å². The van der Waals surface area contributed by atoms with Crippen LogP contribution in [-0.2, 0) is 9.53 Å². The topological polar surface area (TPSA) is 55.4 Å². The van der Waals surface area contributed by atoms with Crippen molar-refractivity contribution in [2.45, 2.75) is 17.1 Å². The van der Waals surface area contributed by atoms with E-state index in [2.05, 4.69) is 10.1 Å². The van der Waals surface area contributed by atoms with E-state index in [1.54, 1.807) is 37.3 Å². The van der Waals surface area contributed by atoms with Crippen molar-refractivity contribution >= 4 is 40.9 Å². The number of rotatable bonds is 5. The first-order chi connectivity index (χ1) is 11.4. The molecule has 2 rings (SSSR count). The molecule has 126 valence electrons. The summed E-state index contributed by atoms with van der Waals surface area (Å²) >= 11 is 7.15. The van der Waals surface area contributed by atoms with Crippen molar-refractivity contribution in [1.29, 1.82) is 0 Å². The molecular weight excluding hydrogens is 353 g/mol. The number of amides is 1. The summed E-state index contributed by atoms with van der Waals surface area (Å²) in [6.45, 7) is 1.65. The van der Waals surface area contributed by atoms with Gasteiger partial charge in [0.15, 0.2) is 0 Å². The molecule has 0 spiro atoms. The molecule has 2 aromatic carbocycles. The number of ether oxygens (including phenoxy) is 1. The highest BCUT2D eigenvalue weighted by molar-refractivity contribution is 8.00. The molecule has 1 N–H and O–H groups in total. The van der Waals surface area contributed by atoms with Crippen LogP contribution in [0.1, 0.15) is 17.3 Å². The Labute approximate surface area is 148 Å². The highest BCUT2D eigenvalue weighted by atomic mass is 35.5. The minimum atomic E-state index is -0.653. The first kappa shape index (κ1) is 18.3. The number of halogens is 2. The number of anilines is 1. The predicted octanol–water partition coefficient (Wildman–Crippen LogP) is 4.39. The zero-order chi connectivity index (χ0) is 17.7. The summed E-state index contributed by atoms with van der Waals surface area (Å²) in [5, 5.41) is 2.15. The van der Waals surface area contributed by atoms with Gasteiger partial charge in [0.1, 0.15) is 11.1 Å². The van der Waals surface area contributed by atoms with Crippen LogP contribution in [0.2, 0.25) is 5.02 Å². The van der Waals surface area contributed by atoms with E-state index in [0.717, 1.165) is 17.8 Å². The lowest BCUT2D eigenvalue weighted by atomic mass is 10.2. The summed E-state index contributed by atoms with van der Waals surface area (Å²) in [5.41, 5.74) is 0.400. The first-order valence-corrected chi connectivity index (χ1v) is 8.28. The van der Waals surface area contributed by atoms with Crippen LogP contribution in [0, 0.1) is 5.82 Å². The Morgan fingerprint density at radius 3 is 2.54 bits per heavy atom. The smallest absolute Gasteiger partial charge is 0.318 e. The summed E-state index contributed by atoms with van der Waals surface area (Å²) in [7, 11) is 1.29. The van der Waals surface area contributed by atoms with Gasteiger partial charge >= 0.3 is 5.97 Å². The van der Waals surface area contributed by atoms with Gasteiger partial charge in [0, 0.05) is 10.5 Å². The summed E-state index contributed by atoms with van der Waals surface area (Å²) in [5.74, 6) is -1.51. The summed E-state index contributed by atoms with van der Waals surface area (Å²) in [6.07, 6.45) is 0. The second-order valence-electron chi connectivity index (χ2n) is 4.87. The Bertz CT molecular complexity index is 755. The molecule has 0 bridgehead atoms. The molecule has 4 nitrogen and oxygen atoms in total. The third-order valence-corrected chi connectivity index (χ3v) is 4.71. The number of benzene rings is 2. The molecule has 0 radical (unpaired) electrons. The molecule has 0 aliphatic heterocycles. The summed E-state index contributed by atoms with van der Waals surface area (Å²) < 4.78 is 18.7. The standard InChI is InChI=1S/C17H15ClFNO3S/c1-10(17(22)23-2)24-15-9-14(13(19)8-12(15)18)20-16(21)11-6-4-3-5-7-11/h3-10H,1-2H3,(H,20,21). The third kappa shape index (κ3) is 4.49. The Morgan fingerprint density at radius 2 is 1.92 bits per heavy atom. The van der Waals surface area contributed by atoms with Crippen molar-refractivity contribution < 1.29 is 18.7 Å². The molecule has 24 heavy (non-hydrogen) atoms. The lowest BCUT2D eigenvalue weighted by Gasteiger charge is -2.13. The van der Waals surface area contributed by atoms with Crippen molar-refractivity contribution in [3.63, 3.8) is 0 Å². The average molecular weight is 368 g/mol. The SMILES string of the molecule is COC(=O)C(C)Sc1cc(NC(=O)c2ccccc2)c(F)cc1Cl. The first-order valence-electron chi connectivity index (χ1n) is 7.02. The monoisotopic (exact) mass is 367 g/mol. The van der Waals surface area contributed by atoms with Crippen molar-refractivity contribution in [3.8, 4) is 0 Å². The molecule has 0 aliphatic rings. The van der Waals surface area contributed by atoms with Gasteiger partial charge in [0.05, 0.1) is 17.8 Å². The van der Waals surface area contributed by atoms with E-state index >= 15 is 0 Å². The number of hydrogen-bond acceptors (Lipinski definition) is 4. The van der Waals surface area contributed by atoms with Crippen molar-refractivity contribution in [2.24, 2.45) is 0 Å². The van der Waals surface area contributed by atoms with Crippen LogP contribution >= 0.6 is 23.4 Å². The van der Waals surface area contributed by atoms with Gasteiger partial charge in [-0.15, -0.1) is 11.8 Å². The van der Waals surface area contributed by atoms with E-state index in [1.165, 1.54) is 13.2 Å². The highest BCUT2D eigenvalue weighted by Gasteiger charge is 2.19. The van der Waals surface area contributed by atoms with E-state index < -0.39 is 22.9 Å². The molecule has 0 aliphatic carbocycles. The lowest BCUT2D eigenvalue weighted by Crippen LogP contribution is -2.15. The fourth-order valence-electron chi connectivity index (χ4n) is 1.90. The number of carbonyl (C=O) groups excluding carboxylic acids is 2. The lowest BCUT2D eigenvalue weighted by molar-refractivity contribution is -0.139. The fourth-order valence-corrected chi connectivity index (χ4v) is 3.12. The quantitative estimate of drug-likeness (QED) is 0.629. The van der Waals surface area contributed by atoms with E-state index in [9.17, 15) is 14.0 Å². The van der Waals surface area contributed by atoms with Crippen LogP contribution in [0.5, 0.6) is 0 Å². The van der Waals surface area contributed by atoms with Crippen LogP contribution < -0.4 is 5.32 Å². The molecule has 2 aromatic rings. The van der Waals surface area contributed by atoms with Gasteiger partial charge in [0.2, 0.25) is 0 Å². The van der Waals surface area contributed by atoms with Crippen LogP contribution in [0.25, 0.3) is 0 Å². The molecule has 0 fully saturated rings. The van der Waals surface area contributed by atoms with Crippen molar-refractivity contribution in [2.75, 3.05) is 12.4 Å². The maximum atomic E-state index is 14.1. The molecule has 0 aromatic heterocycles. The molecule has 1 amide bonds. The summed E-state index contributed by atoms with van der Waals surface area (Å²) in [4.78, 5) is 24.1. The molecule has 1 atom stereocenters. The molecule has 0 heterocycles. The normalized spacial score (nSPS) is 11.7. The number of thioether (sulfide) groups is 1. The van der Waals surface area contributed by atoms with Crippen molar-refractivity contribution in [1.82, 2.24) is 0 Å². The molecule has 0 saturated heterocycles. The molecular formula is C17H15ClFNO3S. The number of hydrogen-bond donors (Lipinski definition) is 1. The third-order valence-electron chi connectivity index (χ3n) is 3.14. The molecule has 7 heteroatoms. The minimum absolute atomic E-state index is 0.00665. The average Bonchev–Trinajstić information content (AvgIpc) is 2.58. The van der Waals surface area contributed by atoms with E-state index in [-0.39, 0.29) is 10.7 Å². The fraction of sp³-hybridized carbons (Fsp3) is 0.176. The van der Waals surface area contributed by atoms with Gasteiger partial charge in [0.25, 0.3) is 5.91 Å². The second-order valence-corrected chi connectivity index (χ2v) is 6.66. The van der Waals surface area contributed by atoms with Gasteiger partial charge in [-0.2, -0.15) is 0 Å². The van der Waals surface area contributed by atoms with Crippen LogP contribution in [0.4, 0.5) is 10.1 Å². The molecule has 0 saturated carbocycles. The number of esters is 1. The number of carbonyl (C=O) groups is 2. The van der Waals surface area contributed by atoms with Crippen LogP contribution in [0.15, 0.2) is 47.4 Å². The zero-order valence-electron chi connectivity index (χ0n) is 13.0. The summed E-state index contributed by atoms with van der Waals surface area (Å²) in [6, 6.07) is 11.0. The minimum Gasteiger partial charge on any atom is -0.468 e. The van der Waals surface area contributed by atoms with Gasteiger partial charge in [-0.05, 0) is 31.2 Å². The van der Waals surface area contributed by atoms with Gasteiger partial charge < -0.3 is 10.1 Å². The van der Waals surface area contributed by atoms with E-state index in [1.807, 2.05) is 0 Å². The van der Waals surface area contributed by atoms with E-state index in [4.69, 9.17) is 11.6 Å². The Balaban J connectivity index is 2.23.